The molecule has 0 atom stereocenters. The summed E-state index contributed by atoms with van der Waals surface area (Å²) in [7, 11) is 0. The number of hydrogen-bond donors (Lipinski definition) is 1. The summed E-state index contributed by atoms with van der Waals surface area (Å²) >= 11 is 0. The third kappa shape index (κ3) is 2.08. The highest BCUT2D eigenvalue weighted by Crippen LogP contribution is 2.15. The van der Waals surface area contributed by atoms with Gasteiger partial charge in [-0.2, -0.15) is 0 Å². The van der Waals surface area contributed by atoms with Gasteiger partial charge in [0.15, 0.2) is 0 Å². The Morgan fingerprint density at radius 1 is 1.38 bits per heavy atom. The second-order valence-corrected chi connectivity index (χ2v) is 3.40. The van der Waals surface area contributed by atoms with Gasteiger partial charge in [0.25, 0.3) is 0 Å². The molecule has 1 heterocycles. The molecule has 0 bridgehead atoms. The molecule has 0 unspecified atom stereocenters. The van der Waals surface area contributed by atoms with Crippen molar-refractivity contribution in [2.75, 3.05) is 0 Å². The lowest BCUT2D eigenvalue weighted by Crippen LogP contribution is -2.20. The SMILES string of the molecule is C=CC(=O)NCc1nccc2ccccc12. The second kappa shape index (κ2) is 4.57. The molecule has 3 heteroatoms. The zero-order chi connectivity index (χ0) is 11.4. The van der Waals surface area contributed by atoms with Gasteiger partial charge in [0.1, 0.15) is 0 Å². The Morgan fingerprint density at radius 3 is 3.00 bits per heavy atom. The molecule has 0 spiro atoms. The van der Waals surface area contributed by atoms with E-state index < -0.39 is 0 Å². The molecule has 16 heavy (non-hydrogen) atoms. The van der Waals surface area contributed by atoms with Crippen LogP contribution in [-0.2, 0) is 11.3 Å². The van der Waals surface area contributed by atoms with Crippen LogP contribution in [0, 0.1) is 0 Å². The molecule has 1 aromatic heterocycles. The Kier molecular flexibility index (Phi) is 2.96. The molecule has 80 valence electrons. The van der Waals surface area contributed by atoms with Crippen molar-refractivity contribution in [2.24, 2.45) is 0 Å². The summed E-state index contributed by atoms with van der Waals surface area (Å²) in [5.74, 6) is -0.185. The Balaban J connectivity index is 2.30. The van der Waals surface area contributed by atoms with Crippen LogP contribution in [0.2, 0.25) is 0 Å². The smallest absolute Gasteiger partial charge is 0.243 e. The van der Waals surface area contributed by atoms with E-state index in [0.717, 1.165) is 16.5 Å². The van der Waals surface area contributed by atoms with Gasteiger partial charge in [-0.1, -0.05) is 30.8 Å². The first-order valence-corrected chi connectivity index (χ1v) is 5.04. The van der Waals surface area contributed by atoms with Crippen LogP contribution in [0.1, 0.15) is 5.69 Å². The fourth-order valence-corrected chi connectivity index (χ4v) is 1.57. The number of carbonyl (C=O) groups is 1. The standard InChI is InChI=1S/C13H12N2O/c1-2-13(16)15-9-12-11-6-4-3-5-10(11)7-8-14-12/h2-8H,1,9H2,(H,15,16). The lowest BCUT2D eigenvalue weighted by Gasteiger charge is -2.05. The van der Waals surface area contributed by atoms with E-state index in [1.807, 2.05) is 30.3 Å². The lowest BCUT2D eigenvalue weighted by atomic mass is 10.1. The van der Waals surface area contributed by atoms with E-state index in [0.29, 0.717) is 6.54 Å². The minimum absolute atomic E-state index is 0.185. The third-order valence-corrected chi connectivity index (χ3v) is 2.37. The van der Waals surface area contributed by atoms with Crippen LogP contribution in [-0.4, -0.2) is 10.9 Å². The highest BCUT2D eigenvalue weighted by molar-refractivity contribution is 5.88. The molecule has 0 aliphatic carbocycles. The number of nitrogens with zero attached hydrogens (tertiary/aromatic N) is 1. The van der Waals surface area contributed by atoms with Gasteiger partial charge >= 0.3 is 0 Å². The van der Waals surface area contributed by atoms with Crippen molar-refractivity contribution in [3.63, 3.8) is 0 Å². The van der Waals surface area contributed by atoms with Gasteiger partial charge in [-0.15, -0.1) is 0 Å². The Bertz CT molecular complexity index is 529. The number of nitrogens with one attached hydrogen (secondary N) is 1. The van der Waals surface area contributed by atoms with Crippen LogP contribution in [0.15, 0.2) is 49.2 Å². The molecule has 1 aromatic carbocycles. The third-order valence-electron chi connectivity index (χ3n) is 2.37. The van der Waals surface area contributed by atoms with Gasteiger partial charge in [0, 0.05) is 11.6 Å². The molecule has 2 rings (SSSR count). The quantitative estimate of drug-likeness (QED) is 0.791. The number of benzene rings is 1. The largest absolute Gasteiger partial charge is 0.347 e. The first-order valence-electron chi connectivity index (χ1n) is 5.04. The topological polar surface area (TPSA) is 42.0 Å². The Morgan fingerprint density at radius 2 is 2.19 bits per heavy atom. The molecule has 0 fully saturated rings. The summed E-state index contributed by atoms with van der Waals surface area (Å²) < 4.78 is 0. The van der Waals surface area contributed by atoms with Gasteiger partial charge in [0.2, 0.25) is 5.91 Å². The average Bonchev–Trinajstić information content (AvgIpc) is 2.35. The molecule has 0 saturated carbocycles. The van der Waals surface area contributed by atoms with Crippen LogP contribution >= 0.6 is 0 Å². The number of carbonyl (C=O) groups excluding carboxylic acids is 1. The summed E-state index contributed by atoms with van der Waals surface area (Å²) in [5, 5.41) is 4.91. The summed E-state index contributed by atoms with van der Waals surface area (Å²) in [6, 6.07) is 9.92. The first-order chi connectivity index (χ1) is 7.81. The predicted molar refractivity (Wildman–Crippen MR) is 63.8 cm³/mol. The zero-order valence-electron chi connectivity index (χ0n) is 8.81. The highest BCUT2D eigenvalue weighted by Gasteiger charge is 2.02. The van der Waals surface area contributed by atoms with E-state index in [2.05, 4.69) is 16.9 Å². The molecule has 0 radical (unpaired) electrons. The summed E-state index contributed by atoms with van der Waals surface area (Å²) in [5.41, 5.74) is 0.869. The van der Waals surface area contributed by atoms with Crippen molar-refractivity contribution in [2.45, 2.75) is 6.54 Å². The van der Waals surface area contributed by atoms with Crippen LogP contribution in [0.25, 0.3) is 10.8 Å². The average molecular weight is 212 g/mol. The first kappa shape index (κ1) is 10.4. The van der Waals surface area contributed by atoms with E-state index in [1.54, 1.807) is 6.20 Å². The van der Waals surface area contributed by atoms with E-state index in [1.165, 1.54) is 6.08 Å². The molecule has 3 nitrogen and oxygen atoms in total. The van der Waals surface area contributed by atoms with Crippen molar-refractivity contribution in [3.8, 4) is 0 Å². The molecule has 0 saturated heterocycles. The Labute approximate surface area is 93.8 Å². The van der Waals surface area contributed by atoms with Crippen LogP contribution < -0.4 is 5.32 Å². The molecule has 2 aromatic rings. The summed E-state index contributed by atoms with van der Waals surface area (Å²) in [4.78, 5) is 15.3. The minimum atomic E-state index is -0.185. The van der Waals surface area contributed by atoms with Crippen molar-refractivity contribution < 1.29 is 4.79 Å². The molecular weight excluding hydrogens is 200 g/mol. The fraction of sp³-hybridized carbons (Fsp3) is 0.0769. The lowest BCUT2D eigenvalue weighted by molar-refractivity contribution is -0.116. The predicted octanol–water partition coefficient (Wildman–Crippen LogP) is 2.04. The van der Waals surface area contributed by atoms with Gasteiger partial charge < -0.3 is 5.32 Å². The molecule has 0 aliphatic rings. The Hall–Kier alpha value is -2.16. The minimum Gasteiger partial charge on any atom is -0.347 e. The van der Waals surface area contributed by atoms with Crippen molar-refractivity contribution >= 4 is 16.7 Å². The number of pyridine rings is 1. The van der Waals surface area contributed by atoms with E-state index >= 15 is 0 Å². The highest BCUT2D eigenvalue weighted by atomic mass is 16.1. The van der Waals surface area contributed by atoms with Crippen molar-refractivity contribution in [1.29, 1.82) is 0 Å². The maximum atomic E-state index is 11.1. The number of fused-ring (bicyclic) bond motifs is 1. The maximum Gasteiger partial charge on any atom is 0.243 e. The van der Waals surface area contributed by atoms with E-state index in [4.69, 9.17) is 0 Å². The summed E-state index contributed by atoms with van der Waals surface area (Å²) in [6.45, 7) is 3.83. The van der Waals surface area contributed by atoms with Gasteiger partial charge in [-0.25, -0.2) is 0 Å². The number of hydrogen-bond acceptors (Lipinski definition) is 2. The second-order valence-electron chi connectivity index (χ2n) is 3.40. The normalized spacial score (nSPS) is 10.0. The number of aromatic nitrogens is 1. The maximum absolute atomic E-state index is 11.1. The molecule has 1 N–H and O–H groups in total. The van der Waals surface area contributed by atoms with E-state index in [9.17, 15) is 4.79 Å². The monoisotopic (exact) mass is 212 g/mol. The molecule has 0 aliphatic heterocycles. The van der Waals surface area contributed by atoms with Crippen LogP contribution in [0.3, 0.4) is 0 Å². The van der Waals surface area contributed by atoms with Crippen molar-refractivity contribution in [1.82, 2.24) is 10.3 Å². The molecular formula is C13H12N2O. The van der Waals surface area contributed by atoms with Gasteiger partial charge in [0.05, 0.1) is 12.2 Å². The fourth-order valence-electron chi connectivity index (χ4n) is 1.57. The van der Waals surface area contributed by atoms with Crippen LogP contribution in [0.5, 0.6) is 0 Å². The van der Waals surface area contributed by atoms with E-state index in [-0.39, 0.29) is 5.91 Å². The zero-order valence-corrected chi connectivity index (χ0v) is 8.81. The van der Waals surface area contributed by atoms with Crippen molar-refractivity contribution in [3.05, 3.63) is 54.9 Å². The number of rotatable bonds is 3. The van der Waals surface area contributed by atoms with Gasteiger partial charge in [-0.3, -0.25) is 9.78 Å². The van der Waals surface area contributed by atoms with Gasteiger partial charge in [-0.05, 0) is 17.5 Å². The summed E-state index contributed by atoms with van der Waals surface area (Å²) in [6.07, 6.45) is 3.00. The molecule has 1 amide bonds. The number of amides is 1. The van der Waals surface area contributed by atoms with Crippen LogP contribution in [0.4, 0.5) is 0 Å².